The molecule has 0 saturated carbocycles. The molecule has 0 bridgehead atoms. The van der Waals surface area contributed by atoms with Crippen LogP contribution >= 0.6 is 0 Å². The summed E-state index contributed by atoms with van der Waals surface area (Å²) in [6.07, 6.45) is 4.66. The Labute approximate surface area is 136 Å². The summed E-state index contributed by atoms with van der Waals surface area (Å²) in [6, 6.07) is 6.17. The fourth-order valence-electron chi connectivity index (χ4n) is 3.67. The van der Waals surface area contributed by atoms with Crippen molar-refractivity contribution in [3.8, 4) is 11.7 Å². The standard InChI is InChI=1S/C17H23N5O/c1-20-8-10-21(11-9-20)13-5-6-15-14(12-13)17(23)22(19-15)16-4-2-3-7-18-16/h2-4,7,13,23H,5-6,8-12H2,1H3. The van der Waals surface area contributed by atoms with Crippen molar-refractivity contribution in [2.24, 2.45) is 0 Å². The maximum Gasteiger partial charge on any atom is 0.219 e. The van der Waals surface area contributed by atoms with Gasteiger partial charge in [-0.1, -0.05) is 6.07 Å². The zero-order valence-corrected chi connectivity index (χ0v) is 13.5. The average Bonchev–Trinajstić information content (AvgIpc) is 2.93. The number of nitrogens with zero attached hydrogens (tertiary/aromatic N) is 5. The van der Waals surface area contributed by atoms with E-state index in [9.17, 15) is 5.11 Å². The van der Waals surface area contributed by atoms with Crippen molar-refractivity contribution >= 4 is 0 Å². The lowest BCUT2D eigenvalue weighted by atomic mass is 9.91. The number of pyridine rings is 1. The Morgan fingerprint density at radius 3 is 2.74 bits per heavy atom. The van der Waals surface area contributed by atoms with Gasteiger partial charge in [0.05, 0.1) is 5.69 Å². The van der Waals surface area contributed by atoms with Gasteiger partial charge in [-0.05, 0) is 38.4 Å². The molecule has 3 heterocycles. The summed E-state index contributed by atoms with van der Waals surface area (Å²) < 4.78 is 1.58. The molecule has 1 N–H and O–H groups in total. The Balaban J connectivity index is 1.57. The molecule has 6 nitrogen and oxygen atoms in total. The minimum absolute atomic E-state index is 0.262. The van der Waals surface area contributed by atoms with Crippen molar-refractivity contribution in [1.29, 1.82) is 0 Å². The van der Waals surface area contributed by atoms with E-state index in [4.69, 9.17) is 0 Å². The molecule has 1 aliphatic heterocycles. The molecule has 2 aromatic rings. The van der Waals surface area contributed by atoms with Gasteiger partial charge in [0, 0.05) is 44.0 Å². The zero-order chi connectivity index (χ0) is 15.8. The fourth-order valence-corrected chi connectivity index (χ4v) is 3.67. The molecular formula is C17H23N5O. The summed E-state index contributed by atoms with van der Waals surface area (Å²) in [5.74, 6) is 0.938. The van der Waals surface area contributed by atoms with Crippen molar-refractivity contribution in [1.82, 2.24) is 24.6 Å². The first-order valence-electron chi connectivity index (χ1n) is 8.36. The number of aromatic hydroxyl groups is 1. The van der Waals surface area contributed by atoms with Crippen molar-refractivity contribution in [3.05, 3.63) is 35.7 Å². The monoisotopic (exact) mass is 313 g/mol. The Morgan fingerprint density at radius 1 is 1.17 bits per heavy atom. The van der Waals surface area contributed by atoms with Crippen molar-refractivity contribution in [3.63, 3.8) is 0 Å². The van der Waals surface area contributed by atoms with Gasteiger partial charge in [0.1, 0.15) is 0 Å². The molecule has 6 heteroatoms. The van der Waals surface area contributed by atoms with Gasteiger partial charge in [0.15, 0.2) is 5.82 Å². The largest absolute Gasteiger partial charge is 0.493 e. The van der Waals surface area contributed by atoms with Gasteiger partial charge < -0.3 is 10.0 Å². The summed E-state index contributed by atoms with van der Waals surface area (Å²) in [4.78, 5) is 9.24. The second kappa shape index (κ2) is 5.94. The van der Waals surface area contributed by atoms with E-state index in [1.54, 1.807) is 10.9 Å². The summed E-state index contributed by atoms with van der Waals surface area (Å²) in [5.41, 5.74) is 2.03. The number of piperazine rings is 1. The van der Waals surface area contributed by atoms with Crippen LogP contribution in [0.3, 0.4) is 0 Å². The molecule has 1 unspecified atom stereocenters. The molecule has 1 fully saturated rings. The average molecular weight is 313 g/mol. The van der Waals surface area contributed by atoms with Crippen LogP contribution in [0.25, 0.3) is 5.82 Å². The number of aryl methyl sites for hydroxylation is 1. The van der Waals surface area contributed by atoms with Gasteiger partial charge in [-0.2, -0.15) is 9.78 Å². The van der Waals surface area contributed by atoms with Crippen LogP contribution in [0.1, 0.15) is 17.7 Å². The molecule has 0 aromatic carbocycles. The molecule has 0 spiro atoms. The number of aromatic nitrogens is 3. The van der Waals surface area contributed by atoms with Crippen LogP contribution in [0.15, 0.2) is 24.4 Å². The molecule has 2 aromatic heterocycles. The second-order valence-electron chi connectivity index (χ2n) is 6.58. The second-order valence-corrected chi connectivity index (χ2v) is 6.58. The third kappa shape index (κ3) is 2.72. The Morgan fingerprint density at radius 2 is 2.00 bits per heavy atom. The van der Waals surface area contributed by atoms with Crippen LogP contribution < -0.4 is 0 Å². The highest BCUT2D eigenvalue weighted by Crippen LogP contribution is 2.32. The normalized spacial score (nSPS) is 22.9. The molecule has 2 aliphatic rings. The first kappa shape index (κ1) is 14.7. The van der Waals surface area contributed by atoms with Gasteiger partial charge in [0.25, 0.3) is 0 Å². The summed E-state index contributed by atoms with van der Waals surface area (Å²) in [7, 11) is 2.18. The number of rotatable bonds is 2. The van der Waals surface area contributed by atoms with E-state index >= 15 is 0 Å². The van der Waals surface area contributed by atoms with Crippen molar-refractivity contribution in [2.45, 2.75) is 25.3 Å². The molecule has 122 valence electrons. The van der Waals surface area contributed by atoms with E-state index < -0.39 is 0 Å². The van der Waals surface area contributed by atoms with Crippen LogP contribution in [0.4, 0.5) is 0 Å². The molecule has 1 saturated heterocycles. The molecule has 4 rings (SSSR count). The highest BCUT2D eigenvalue weighted by atomic mass is 16.3. The summed E-state index contributed by atoms with van der Waals surface area (Å²) in [6.45, 7) is 4.49. The smallest absolute Gasteiger partial charge is 0.219 e. The van der Waals surface area contributed by atoms with Crippen molar-refractivity contribution < 1.29 is 5.11 Å². The van der Waals surface area contributed by atoms with E-state index in [1.807, 2.05) is 18.2 Å². The summed E-state index contributed by atoms with van der Waals surface area (Å²) >= 11 is 0. The van der Waals surface area contributed by atoms with Gasteiger partial charge in [-0.25, -0.2) is 4.98 Å². The third-order valence-electron chi connectivity index (χ3n) is 5.11. The Bertz CT molecular complexity index is 676. The lowest BCUT2D eigenvalue weighted by Crippen LogP contribution is -2.50. The highest BCUT2D eigenvalue weighted by molar-refractivity contribution is 5.39. The molecule has 1 aliphatic carbocycles. The van der Waals surface area contributed by atoms with Crippen molar-refractivity contribution in [2.75, 3.05) is 33.2 Å². The van der Waals surface area contributed by atoms with Crippen LogP contribution in [-0.4, -0.2) is 68.9 Å². The maximum absolute atomic E-state index is 10.6. The Hall–Kier alpha value is -1.92. The third-order valence-corrected chi connectivity index (χ3v) is 5.11. The fraction of sp³-hybridized carbons (Fsp3) is 0.529. The SMILES string of the molecule is CN1CCN(C2CCc3nn(-c4ccccn4)c(O)c3C2)CC1. The van der Waals surface area contributed by atoms with E-state index in [-0.39, 0.29) is 5.88 Å². The molecule has 0 amide bonds. The van der Waals surface area contributed by atoms with Crippen LogP contribution in [0, 0.1) is 0 Å². The number of hydrogen-bond donors (Lipinski definition) is 1. The van der Waals surface area contributed by atoms with E-state index in [1.165, 1.54) is 0 Å². The summed E-state index contributed by atoms with van der Waals surface area (Å²) in [5, 5.41) is 15.2. The maximum atomic E-state index is 10.6. The quantitative estimate of drug-likeness (QED) is 0.899. The lowest BCUT2D eigenvalue weighted by Gasteiger charge is -2.39. The Kier molecular flexibility index (Phi) is 3.79. The number of hydrogen-bond acceptors (Lipinski definition) is 5. The van der Waals surface area contributed by atoms with E-state index in [2.05, 4.69) is 26.9 Å². The first-order valence-corrected chi connectivity index (χ1v) is 8.36. The van der Waals surface area contributed by atoms with Gasteiger partial charge in [0.2, 0.25) is 5.88 Å². The van der Waals surface area contributed by atoms with Gasteiger partial charge in [-0.15, -0.1) is 0 Å². The molecule has 23 heavy (non-hydrogen) atoms. The highest BCUT2D eigenvalue weighted by Gasteiger charge is 2.31. The molecular weight excluding hydrogens is 290 g/mol. The van der Waals surface area contributed by atoms with Gasteiger partial charge in [-0.3, -0.25) is 4.90 Å². The van der Waals surface area contributed by atoms with E-state index in [0.717, 1.165) is 56.7 Å². The first-order chi connectivity index (χ1) is 11.2. The minimum atomic E-state index is 0.262. The minimum Gasteiger partial charge on any atom is -0.493 e. The zero-order valence-electron chi connectivity index (χ0n) is 13.5. The predicted molar refractivity (Wildman–Crippen MR) is 87.9 cm³/mol. The molecule has 0 radical (unpaired) electrons. The predicted octanol–water partition coefficient (Wildman–Crippen LogP) is 1.08. The topological polar surface area (TPSA) is 57.4 Å². The number of fused-ring (bicyclic) bond motifs is 1. The van der Waals surface area contributed by atoms with E-state index in [0.29, 0.717) is 11.9 Å². The van der Waals surface area contributed by atoms with Crippen LogP contribution in [0.5, 0.6) is 5.88 Å². The van der Waals surface area contributed by atoms with Crippen LogP contribution in [-0.2, 0) is 12.8 Å². The lowest BCUT2D eigenvalue weighted by molar-refractivity contribution is 0.103. The molecule has 1 atom stereocenters. The number of likely N-dealkylation sites (N-methyl/N-ethyl adjacent to an activating group) is 1. The van der Waals surface area contributed by atoms with Crippen LogP contribution in [0.2, 0.25) is 0 Å². The van der Waals surface area contributed by atoms with Gasteiger partial charge >= 0.3 is 0 Å².